The summed E-state index contributed by atoms with van der Waals surface area (Å²) in [5.74, 6) is 1.68. The number of ether oxygens (including phenoxy) is 2. The number of benzene rings is 1. The van der Waals surface area contributed by atoms with Crippen LogP contribution < -0.4 is 20.7 Å². The van der Waals surface area contributed by atoms with Gasteiger partial charge < -0.3 is 25.4 Å². The topological polar surface area (TPSA) is 84.0 Å². The molecule has 1 unspecified atom stereocenters. The van der Waals surface area contributed by atoms with Gasteiger partial charge in [0.1, 0.15) is 11.9 Å². The number of guanidine groups is 1. The third-order valence-corrected chi connectivity index (χ3v) is 5.69. The molecule has 0 radical (unpaired) electrons. The van der Waals surface area contributed by atoms with Gasteiger partial charge in [0.15, 0.2) is 5.96 Å². The van der Waals surface area contributed by atoms with Gasteiger partial charge in [-0.2, -0.15) is 0 Å². The minimum atomic E-state index is 0.109. The predicted octanol–water partition coefficient (Wildman–Crippen LogP) is 2.67. The van der Waals surface area contributed by atoms with Crippen LogP contribution in [0.4, 0.5) is 0 Å². The van der Waals surface area contributed by atoms with Crippen LogP contribution in [0.25, 0.3) is 0 Å². The number of amides is 1. The Morgan fingerprint density at radius 1 is 1.20 bits per heavy atom. The van der Waals surface area contributed by atoms with E-state index in [-0.39, 0.29) is 12.0 Å². The molecule has 1 atom stereocenters. The molecular formula is C23H36N4O3. The molecule has 1 aromatic rings. The largest absolute Gasteiger partial charge is 0.488 e. The molecule has 1 aromatic carbocycles. The van der Waals surface area contributed by atoms with Crippen molar-refractivity contribution in [1.29, 1.82) is 0 Å². The van der Waals surface area contributed by atoms with Gasteiger partial charge in [0, 0.05) is 44.6 Å². The average molecular weight is 417 g/mol. The lowest BCUT2D eigenvalue weighted by Gasteiger charge is -2.22. The Balaban J connectivity index is 1.43. The van der Waals surface area contributed by atoms with Gasteiger partial charge in [-0.05, 0) is 31.4 Å². The van der Waals surface area contributed by atoms with Crippen molar-refractivity contribution in [3.63, 3.8) is 0 Å². The highest BCUT2D eigenvalue weighted by Gasteiger charge is 2.19. The quantitative estimate of drug-likeness (QED) is 0.448. The molecule has 1 aliphatic heterocycles. The average Bonchev–Trinajstić information content (AvgIpc) is 3.25. The summed E-state index contributed by atoms with van der Waals surface area (Å²) in [5.41, 5.74) is 2.24. The highest BCUT2D eigenvalue weighted by Crippen LogP contribution is 2.23. The Hall–Kier alpha value is -2.28. The van der Waals surface area contributed by atoms with Crippen molar-refractivity contribution in [2.45, 2.75) is 70.6 Å². The molecule has 3 N–H and O–H groups in total. The van der Waals surface area contributed by atoms with Crippen LogP contribution in [0.2, 0.25) is 0 Å². The molecule has 1 amide bonds. The number of nitrogens with zero attached hydrogens (tertiary/aromatic N) is 1. The number of aliphatic imine (C=N–C) groups is 1. The van der Waals surface area contributed by atoms with Crippen molar-refractivity contribution in [3.05, 3.63) is 29.3 Å². The second kappa shape index (κ2) is 11.8. The van der Waals surface area contributed by atoms with E-state index in [0.29, 0.717) is 38.1 Å². The second-order valence-corrected chi connectivity index (χ2v) is 8.22. The number of aryl methyl sites for hydroxylation is 1. The van der Waals surface area contributed by atoms with Crippen LogP contribution in [-0.2, 0) is 16.1 Å². The van der Waals surface area contributed by atoms with E-state index in [1.54, 1.807) is 7.05 Å². The molecule has 1 saturated carbocycles. The maximum Gasteiger partial charge on any atom is 0.221 e. The summed E-state index contributed by atoms with van der Waals surface area (Å²) in [6.07, 6.45) is 7.43. The van der Waals surface area contributed by atoms with Gasteiger partial charge >= 0.3 is 0 Å². The summed E-state index contributed by atoms with van der Waals surface area (Å²) < 4.78 is 11.6. The smallest absolute Gasteiger partial charge is 0.221 e. The Kier molecular flexibility index (Phi) is 8.81. The van der Waals surface area contributed by atoms with Crippen LogP contribution in [0.15, 0.2) is 23.2 Å². The molecule has 0 aromatic heterocycles. The van der Waals surface area contributed by atoms with Gasteiger partial charge in [-0.1, -0.05) is 31.4 Å². The zero-order chi connectivity index (χ0) is 21.2. The number of carbonyl (C=O) groups is 1. The van der Waals surface area contributed by atoms with Crippen LogP contribution in [-0.4, -0.2) is 50.8 Å². The molecule has 2 aliphatic rings. The first-order chi connectivity index (χ1) is 14.6. The van der Waals surface area contributed by atoms with Crippen molar-refractivity contribution in [2.24, 2.45) is 4.99 Å². The first-order valence-electron chi connectivity index (χ1n) is 11.2. The number of hydrogen-bond donors (Lipinski definition) is 3. The number of hydrogen-bond acceptors (Lipinski definition) is 4. The monoisotopic (exact) mass is 416 g/mol. The SMILES string of the molecule is CN=C(NCCC(=O)NC1CCCCC1)NCc1ccc(C)cc1OC1CCOC1. The highest BCUT2D eigenvalue weighted by atomic mass is 16.5. The molecule has 1 heterocycles. The summed E-state index contributed by atoms with van der Waals surface area (Å²) >= 11 is 0. The van der Waals surface area contributed by atoms with Gasteiger partial charge in [-0.25, -0.2) is 0 Å². The van der Waals surface area contributed by atoms with E-state index in [9.17, 15) is 4.79 Å². The van der Waals surface area contributed by atoms with Crippen molar-refractivity contribution in [2.75, 3.05) is 26.8 Å². The fourth-order valence-electron chi connectivity index (χ4n) is 3.94. The Bertz CT molecular complexity index is 710. The standard InChI is InChI=1S/C23H36N4O3/c1-17-8-9-18(21(14-17)30-20-11-13-29-16-20)15-26-23(24-2)25-12-10-22(28)27-19-6-4-3-5-7-19/h8-9,14,19-20H,3-7,10-13,15-16H2,1-2H3,(H,27,28)(H2,24,25,26). The Labute approximate surface area is 180 Å². The lowest BCUT2D eigenvalue weighted by atomic mass is 9.95. The van der Waals surface area contributed by atoms with E-state index >= 15 is 0 Å². The van der Waals surface area contributed by atoms with Crippen molar-refractivity contribution in [1.82, 2.24) is 16.0 Å². The minimum Gasteiger partial charge on any atom is -0.488 e. The van der Waals surface area contributed by atoms with E-state index in [4.69, 9.17) is 9.47 Å². The molecule has 7 nitrogen and oxygen atoms in total. The zero-order valence-electron chi connectivity index (χ0n) is 18.3. The molecule has 7 heteroatoms. The van der Waals surface area contributed by atoms with Crippen LogP contribution in [0.3, 0.4) is 0 Å². The predicted molar refractivity (Wildman–Crippen MR) is 119 cm³/mol. The lowest BCUT2D eigenvalue weighted by molar-refractivity contribution is -0.121. The van der Waals surface area contributed by atoms with E-state index in [1.807, 2.05) is 0 Å². The minimum absolute atomic E-state index is 0.109. The Morgan fingerprint density at radius 2 is 2.03 bits per heavy atom. The van der Waals surface area contributed by atoms with Crippen molar-refractivity contribution >= 4 is 11.9 Å². The third-order valence-electron chi connectivity index (χ3n) is 5.69. The van der Waals surface area contributed by atoms with Gasteiger partial charge in [0.05, 0.1) is 13.2 Å². The Morgan fingerprint density at radius 3 is 2.77 bits per heavy atom. The fraction of sp³-hybridized carbons (Fsp3) is 0.652. The van der Waals surface area contributed by atoms with Crippen LogP contribution >= 0.6 is 0 Å². The number of nitrogens with one attached hydrogen (secondary N) is 3. The third kappa shape index (κ3) is 7.20. The van der Waals surface area contributed by atoms with Gasteiger partial charge in [0.25, 0.3) is 0 Å². The zero-order valence-corrected chi connectivity index (χ0v) is 18.3. The molecule has 30 heavy (non-hydrogen) atoms. The molecule has 2 fully saturated rings. The second-order valence-electron chi connectivity index (χ2n) is 8.22. The molecule has 0 spiro atoms. The van der Waals surface area contributed by atoms with Crippen LogP contribution in [0.1, 0.15) is 56.1 Å². The van der Waals surface area contributed by atoms with E-state index in [1.165, 1.54) is 24.8 Å². The summed E-state index contributed by atoms with van der Waals surface area (Å²) in [6.45, 7) is 4.61. The summed E-state index contributed by atoms with van der Waals surface area (Å²) in [7, 11) is 1.74. The molecule has 1 aliphatic carbocycles. The van der Waals surface area contributed by atoms with E-state index in [0.717, 1.165) is 37.2 Å². The maximum absolute atomic E-state index is 12.2. The van der Waals surface area contributed by atoms with Crippen molar-refractivity contribution in [3.8, 4) is 5.75 Å². The maximum atomic E-state index is 12.2. The summed E-state index contributed by atoms with van der Waals surface area (Å²) in [6, 6.07) is 6.59. The van der Waals surface area contributed by atoms with E-state index < -0.39 is 0 Å². The highest BCUT2D eigenvalue weighted by molar-refractivity contribution is 5.81. The fourth-order valence-corrected chi connectivity index (χ4v) is 3.94. The molecule has 3 rings (SSSR count). The molecular weight excluding hydrogens is 380 g/mol. The lowest BCUT2D eigenvalue weighted by Crippen LogP contribution is -2.41. The van der Waals surface area contributed by atoms with E-state index in [2.05, 4.69) is 46.1 Å². The number of carbonyl (C=O) groups excluding carboxylic acids is 1. The first kappa shape index (κ1) is 22.4. The van der Waals surface area contributed by atoms with Gasteiger partial charge in [-0.15, -0.1) is 0 Å². The van der Waals surface area contributed by atoms with Crippen LogP contribution in [0.5, 0.6) is 5.75 Å². The van der Waals surface area contributed by atoms with Crippen molar-refractivity contribution < 1.29 is 14.3 Å². The first-order valence-corrected chi connectivity index (χ1v) is 11.2. The van der Waals surface area contributed by atoms with Gasteiger partial charge in [-0.3, -0.25) is 9.79 Å². The van der Waals surface area contributed by atoms with Gasteiger partial charge in [0.2, 0.25) is 5.91 Å². The van der Waals surface area contributed by atoms with Crippen LogP contribution in [0, 0.1) is 6.92 Å². The summed E-state index contributed by atoms with van der Waals surface area (Å²) in [4.78, 5) is 16.4. The number of rotatable bonds is 8. The normalized spacial score (nSPS) is 20.1. The molecule has 166 valence electrons. The molecule has 0 bridgehead atoms. The summed E-state index contributed by atoms with van der Waals surface area (Å²) in [5, 5.41) is 9.70. The molecule has 1 saturated heterocycles.